The number of aromatic nitrogens is 2. The van der Waals surface area contributed by atoms with Gasteiger partial charge in [-0.3, -0.25) is 0 Å². The Hall–Kier alpha value is -1.75. The van der Waals surface area contributed by atoms with Gasteiger partial charge in [-0.15, -0.1) is 0 Å². The number of halogens is 1. The zero-order valence-corrected chi connectivity index (χ0v) is 12.2. The molecule has 1 aromatic heterocycles. The highest BCUT2D eigenvalue weighted by Crippen LogP contribution is 2.36. The van der Waals surface area contributed by atoms with Gasteiger partial charge in [-0.2, -0.15) is 4.98 Å². The van der Waals surface area contributed by atoms with E-state index in [0.717, 1.165) is 31.2 Å². The van der Waals surface area contributed by atoms with E-state index in [1.54, 1.807) is 6.07 Å². The summed E-state index contributed by atoms with van der Waals surface area (Å²) in [4.78, 5) is 4.43. The molecule has 2 N–H and O–H groups in total. The van der Waals surface area contributed by atoms with Gasteiger partial charge in [-0.1, -0.05) is 24.2 Å². The fraction of sp³-hybridized carbons (Fsp3) is 0.500. The van der Waals surface area contributed by atoms with Crippen molar-refractivity contribution in [2.75, 3.05) is 0 Å². The molecule has 112 valence electrons. The maximum atomic E-state index is 13.2. The first kappa shape index (κ1) is 14.2. The van der Waals surface area contributed by atoms with Crippen LogP contribution in [0.15, 0.2) is 28.8 Å². The Kier molecular flexibility index (Phi) is 3.76. The van der Waals surface area contributed by atoms with Crippen LogP contribution in [0.3, 0.4) is 0 Å². The zero-order chi connectivity index (χ0) is 14.9. The predicted molar refractivity (Wildman–Crippen MR) is 77.0 cm³/mol. The molecule has 0 unspecified atom stereocenters. The van der Waals surface area contributed by atoms with Crippen LogP contribution in [0.4, 0.5) is 4.39 Å². The molecule has 0 radical (unpaired) electrons. The van der Waals surface area contributed by atoms with E-state index in [1.807, 2.05) is 6.07 Å². The Bertz CT molecular complexity index is 617. The van der Waals surface area contributed by atoms with Crippen molar-refractivity contribution in [2.45, 2.75) is 44.6 Å². The summed E-state index contributed by atoms with van der Waals surface area (Å²) < 4.78 is 18.5. The first-order chi connectivity index (χ1) is 10.0. The molecule has 21 heavy (non-hydrogen) atoms. The van der Waals surface area contributed by atoms with Crippen molar-refractivity contribution in [2.24, 2.45) is 11.7 Å². The van der Waals surface area contributed by atoms with Crippen molar-refractivity contribution in [3.63, 3.8) is 0 Å². The number of hydrogen-bond donors (Lipinski definition) is 1. The molecule has 0 bridgehead atoms. The minimum Gasteiger partial charge on any atom is -0.337 e. The molecule has 3 rings (SSSR count). The van der Waals surface area contributed by atoms with E-state index in [0.29, 0.717) is 24.1 Å². The third kappa shape index (κ3) is 3.13. The van der Waals surface area contributed by atoms with Gasteiger partial charge >= 0.3 is 0 Å². The molecule has 1 aliphatic rings. The van der Waals surface area contributed by atoms with Crippen LogP contribution in [-0.2, 0) is 12.0 Å². The van der Waals surface area contributed by atoms with Crippen molar-refractivity contribution in [3.05, 3.63) is 47.4 Å². The van der Waals surface area contributed by atoms with Crippen LogP contribution in [0.5, 0.6) is 0 Å². The van der Waals surface area contributed by atoms with Crippen molar-refractivity contribution < 1.29 is 8.91 Å². The lowest BCUT2D eigenvalue weighted by Gasteiger charge is -2.32. The highest BCUT2D eigenvalue weighted by atomic mass is 19.1. The third-order valence-corrected chi connectivity index (χ3v) is 4.31. The van der Waals surface area contributed by atoms with E-state index < -0.39 is 5.54 Å². The lowest BCUT2D eigenvalue weighted by atomic mass is 9.78. The Morgan fingerprint density at radius 1 is 1.38 bits per heavy atom. The first-order valence-corrected chi connectivity index (χ1v) is 7.41. The highest BCUT2D eigenvalue weighted by molar-refractivity contribution is 5.20. The predicted octanol–water partition coefficient (Wildman–Crippen LogP) is 3.16. The summed E-state index contributed by atoms with van der Waals surface area (Å²) in [6.07, 6.45) is 4.36. The molecule has 1 heterocycles. The monoisotopic (exact) mass is 289 g/mol. The van der Waals surface area contributed by atoms with Gasteiger partial charge < -0.3 is 10.3 Å². The van der Waals surface area contributed by atoms with Crippen LogP contribution in [0.1, 0.15) is 49.9 Å². The summed E-state index contributed by atoms with van der Waals surface area (Å²) in [5, 5.41) is 3.99. The van der Waals surface area contributed by atoms with E-state index in [9.17, 15) is 4.39 Å². The molecular weight excluding hydrogens is 269 g/mol. The molecule has 4 nitrogen and oxygen atoms in total. The minimum absolute atomic E-state index is 0.257. The summed E-state index contributed by atoms with van der Waals surface area (Å²) >= 11 is 0. The molecule has 0 aliphatic heterocycles. The molecule has 5 heteroatoms. The average Bonchev–Trinajstić information content (AvgIpc) is 2.92. The van der Waals surface area contributed by atoms with Crippen LogP contribution in [0.2, 0.25) is 0 Å². The van der Waals surface area contributed by atoms with Crippen molar-refractivity contribution in [1.82, 2.24) is 10.1 Å². The van der Waals surface area contributed by atoms with Gasteiger partial charge in [0.2, 0.25) is 5.89 Å². The quantitative estimate of drug-likeness (QED) is 0.942. The Labute approximate surface area is 123 Å². The van der Waals surface area contributed by atoms with Crippen molar-refractivity contribution in [3.8, 4) is 0 Å². The van der Waals surface area contributed by atoms with Gasteiger partial charge in [-0.05, 0) is 49.3 Å². The largest absolute Gasteiger partial charge is 0.337 e. The highest BCUT2D eigenvalue weighted by Gasteiger charge is 2.37. The molecule has 1 saturated carbocycles. The summed E-state index contributed by atoms with van der Waals surface area (Å²) in [5.74, 6) is 1.52. The van der Waals surface area contributed by atoms with E-state index in [1.165, 1.54) is 12.1 Å². The molecule has 0 amide bonds. The lowest BCUT2D eigenvalue weighted by Crippen LogP contribution is -2.40. The van der Waals surface area contributed by atoms with Crippen LogP contribution in [-0.4, -0.2) is 10.1 Å². The van der Waals surface area contributed by atoms with Gasteiger partial charge in [0.05, 0.1) is 5.54 Å². The second-order valence-corrected chi connectivity index (χ2v) is 6.16. The van der Waals surface area contributed by atoms with Crippen LogP contribution in [0.25, 0.3) is 0 Å². The van der Waals surface area contributed by atoms with Gasteiger partial charge in [0.15, 0.2) is 5.82 Å². The number of benzene rings is 1. The molecular formula is C16H20FN3O. The molecule has 2 aromatic rings. The van der Waals surface area contributed by atoms with E-state index in [2.05, 4.69) is 17.1 Å². The summed E-state index contributed by atoms with van der Waals surface area (Å²) in [7, 11) is 0. The van der Waals surface area contributed by atoms with Crippen molar-refractivity contribution in [1.29, 1.82) is 0 Å². The molecule has 1 fully saturated rings. The fourth-order valence-corrected chi connectivity index (χ4v) is 2.85. The summed E-state index contributed by atoms with van der Waals surface area (Å²) in [6.45, 7) is 2.24. The van der Waals surface area contributed by atoms with E-state index >= 15 is 0 Å². The summed E-state index contributed by atoms with van der Waals surface area (Å²) in [6, 6.07) is 6.43. The average molecular weight is 289 g/mol. The summed E-state index contributed by atoms with van der Waals surface area (Å²) in [5.41, 5.74) is 6.74. The SMILES string of the molecule is CC1CCC(N)(c2nc(Cc3cccc(F)c3)no2)CC1. The van der Waals surface area contributed by atoms with Gasteiger partial charge in [-0.25, -0.2) is 4.39 Å². The maximum absolute atomic E-state index is 13.2. The second-order valence-electron chi connectivity index (χ2n) is 6.16. The standard InChI is InChI=1S/C16H20FN3O/c1-11-5-7-16(18,8-6-11)15-19-14(20-21-15)10-12-3-2-4-13(17)9-12/h2-4,9,11H,5-8,10,18H2,1H3. The lowest BCUT2D eigenvalue weighted by molar-refractivity contribution is 0.190. The third-order valence-electron chi connectivity index (χ3n) is 4.31. The molecule has 0 saturated heterocycles. The number of nitrogens with two attached hydrogens (primary N) is 1. The second kappa shape index (κ2) is 5.56. The van der Waals surface area contributed by atoms with Crippen LogP contribution < -0.4 is 5.73 Å². The minimum atomic E-state index is -0.500. The molecule has 0 atom stereocenters. The Morgan fingerprint density at radius 3 is 2.86 bits per heavy atom. The van der Waals surface area contributed by atoms with Gasteiger partial charge in [0.25, 0.3) is 0 Å². The Balaban J connectivity index is 1.74. The van der Waals surface area contributed by atoms with Crippen molar-refractivity contribution >= 4 is 0 Å². The van der Waals surface area contributed by atoms with Gasteiger partial charge in [0, 0.05) is 6.42 Å². The fourth-order valence-electron chi connectivity index (χ4n) is 2.85. The molecule has 1 aliphatic carbocycles. The topological polar surface area (TPSA) is 64.9 Å². The molecule has 0 spiro atoms. The van der Waals surface area contributed by atoms with E-state index in [-0.39, 0.29) is 5.82 Å². The zero-order valence-electron chi connectivity index (χ0n) is 12.2. The Morgan fingerprint density at radius 2 is 2.14 bits per heavy atom. The van der Waals surface area contributed by atoms with Crippen LogP contribution in [0, 0.1) is 11.7 Å². The number of rotatable bonds is 3. The van der Waals surface area contributed by atoms with E-state index in [4.69, 9.17) is 10.3 Å². The number of nitrogens with zero attached hydrogens (tertiary/aromatic N) is 2. The maximum Gasteiger partial charge on any atom is 0.246 e. The first-order valence-electron chi connectivity index (χ1n) is 7.41. The van der Waals surface area contributed by atoms with Crippen LogP contribution >= 0.6 is 0 Å². The number of hydrogen-bond acceptors (Lipinski definition) is 4. The smallest absolute Gasteiger partial charge is 0.246 e. The molecule has 1 aromatic carbocycles. The normalized spacial score (nSPS) is 26.0. The van der Waals surface area contributed by atoms with Gasteiger partial charge in [0.1, 0.15) is 5.82 Å².